The fraction of sp³-hybridized carbons (Fsp3) is 0.407. The number of nitrogens with zero attached hydrogens (tertiary/aromatic N) is 5. The van der Waals surface area contributed by atoms with E-state index in [9.17, 15) is 9.59 Å². The van der Waals surface area contributed by atoms with Gasteiger partial charge in [0.2, 0.25) is 5.91 Å². The molecule has 0 spiro atoms. The first kappa shape index (κ1) is 32.0. The van der Waals surface area contributed by atoms with Gasteiger partial charge in [0.15, 0.2) is 5.82 Å². The third-order valence-electron chi connectivity index (χ3n) is 6.47. The summed E-state index contributed by atoms with van der Waals surface area (Å²) >= 11 is 0. The van der Waals surface area contributed by atoms with Crippen molar-refractivity contribution in [2.24, 2.45) is 0 Å². The van der Waals surface area contributed by atoms with Crippen LogP contribution in [-0.4, -0.2) is 71.7 Å². The molecule has 0 saturated heterocycles. The maximum atomic E-state index is 13.5. The van der Waals surface area contributed by atoms with Crippen molar-refractivity contribution < 1.29 is 14.1 Å². The summed E-state index contributed by atoms with van der Waals surface area (Å²) in [4.78, 5) is 32.5. The van der Waals surface area contributed by atoms with Crippen molar-refractivity contribution in [1.29, 1.82) is 0 Å². The van der Waals surface area contributed by atoms with Gasteiger partial charge in [-0.2, -0.15) is 4.98 Å². The molecule has 39 heavy (non-hydrogen) atoms. The van der Waals surface area contributed by atoms with Crippen LogP contribution in [0, 0.1) is 13.8 Å². The minimum absolute atomic E-state index is 0. The van der Waals surface area contributed by atoms with Gasteiger partial charge >= 0.3 is 0 Å². The maximum absolute atomic E-state index is 13.5. The molecule has 1 aliphatic rings. The molecule has 12 heteroatoms. The van der Waals surface area contributed by atoms with E-state index < -0.39 is 0 Å². The summed E-state index contributed by atoms with van der Waals surface area (Å²) in [5.41, 5.74) is 4.87. The smallest absolute Gasteiger partial charge is 0.257 e. The number of hydrazine groups is 1. The van der Waals surface area contributed by atoms with Gasteiger partial charge in [0.25, 0.3) is 11.8 Å². The van der Waals surface area contributed by atoms with Gasteiger partial charge in [-0.25, -0.2) is 5.01 Å². The van der Waals surface area contributed by atoms with Gasteiger partial charge in [-0.3, -0.25) is 14.6 Å². The monoisotopic (exact) mass is 577 g/mol. The van der Waals surface area contributed by atoms with Crippen LogP contribution in [0.3, 0.4) is 0 Å². The summed E-state index contributed by atoms with van der Waals surface area (Å²) in [7, 11) is 1.79. The van der Waals surface area contributed by atoms with Crippen LogP contribution in [-0.2, 0) is 22.7 Å². The Kier molecular flexibility index (Phi) is 12.2. The number of amides is 2. The molecule has 0 radical (unpaired) electrons. The molecule has 10 nitrogen and oxygen atoms in total. The van der Waals surface area contributed by atoms with E-state index in [1.807, 2.05) is 54.1 Å². The van der Waals surface area contributed by atoms with Crippen molar-refractivity contribution in [3.63, 3.8) is 0 Å². The second-order valence-corrected chi connectivity index (χ2v) is 9.22. The van der Waals surface area contributed by atoms with Gasteiger partial charge in [0.05, 0.1) is 13.1 Å². The third-order valence-corrected chi connectivity index (χ3v) is 6.47. The van der Waals surface area contributed by atoms with Crippen LogP contribution in [0.2, 0.25) is 0 Å². The minimum atomic E-state index is -0.152. The number of hydrogen-bond acceptors (Lipinski definition) is 8. The zero-order chi connectivity index (χ0) is 26.4. The number of anilines is 1. The highest BCUT2D eigenvalue weighted by Gasteiger charge is 2.27. The van der Waals surface area contributed by atoms with Crippen molar-refractivity contribution >= 4 is 42.3 Å². The predicted octanol–water partition coefficient (Wildman–Crippen LogP) is 3.12. The first-order valence-electron chi connectivity index (χ1n) is 12.6. The van der Waals surface area contributed by atoms with Gasteiger partial charge in [0, 0.05) is 44.5 Å². The Bertz CT molecular complexity index is 1230. The van der Waals surface area contributed by atoms with Crippen molar-refractivity contribution in [3.8, 4) is 11.5 Å². The van der Waals surface area contributed by atoms with Crippen LogP contribution in [0.25, 0.3) is 11.5 Å². The predicted molar refractivity (Wildman–Crippen MR) is 156 cm³/mol. The van der Waals surface area contributed by atoms with Gasteiger partial charge < -0.3 is 20.1 Å². The molecule has 2 aromatic carbocycles. The van der Waals surface area contributed by atoms with Crippen molar-refractivity contribution in [3.05, 3.63) is 65.0 Å². The van der Waals surface area contributed by atoms with Gasteiger partial charge in [-0.15, -0.1) is 24.8 Å². The lowest BCUT2D eigenvalue weighted by Gasteiger charge is -2.32. The summed E-state index contributed by atoms with van der Waals surface area (Å²) in [6, 6.07) is 13.9. The van der Waals surface area contributed by atoms with E-state index in [1.54, 1.807) is 19.0 Å². The lowest BCUT2D eigenvalue weighted by atomic mass is 10.1. The minimum Gasteiger partial charge on any atom is -0.353 e. The number of fused-ring (bicyclic) bond motifs is 1. The Hall–Kier alpha value is -3.18. The molecule has 1 aromatic heterocycles. The summed E-state index contributed by atoms with van der Waals surface area (Å²) < 4.78 is 5.35. The number of nitrogens with one attached hydrogen (secondary N) is 2. The van der Waals surface area contributed by atoms with Crippen LogP contribution in [0.15, 0.2) is 47.0 Å². The largest absolute Gasteiger partial charge is 0.353 e. The Labute approximate surface area is 241 Å². The number of likely N-dealkylation sites (N-methyl/N-ethyl adjacent to an activating group) is 2. The Morgan fingerprint density at radius 2 is 1.72 bits per heavy atom. The molecule has 0 aliphatic carbocycles. The van der Waals surface area contributed by atoms with Crippen molar-refractivity contribution in [2.75, 3.05) is 44.7 Å². The first-order valence-corrected chi connectivity index (χ1v) is 12.6. The fourth-order valence-corrected chi connectivity index (χ4v) is 4.37. The Morgan fingerprint density at radius 1 is 1.03 bits per heavy atom. The van der Waals surface area contributed by atoms with E-state index in [0.29, 0.717) is 37.9 Å². The lowest BCUT2D eigenvalue weighted by Crippen LogP contribution is -2.48. The molecule has 2 N–H and O–H groups in total. The van der Waals surface area contributed by atoms with Gasteiger partial charge in [-0.1, -0.05) is 42.4 Å². The zero-order valence-corrected chi connectivity index (χ0v) is 24.4. The average molecular weight is 579 g/mol. The summed E-state index contributed by atoms with van der Waals surface area (Å²) in [5.74, 6) is 0.677. The number of halogens is 2. The first-order chi connectivity index (χ1) is 17.9. The number of benzene rings is 2. The standard InChI is InChI=1S/C27H35N7O3.2ClH/c1-5-28-12-13-29-25(35)17-33(24-14-21(11-10-19(24)2)27-30-20(3)31-37-27)18-26(36)32(4)34-15-22-8-6-7-9-23(22)16-34;;/h6-11,14,28H,5,12-13,15-18H2,1-4H3,(H,29,35);2*1H. The SMILES string of the molecule is CCNCCNC(=O)CN(CC(=O)N(C)N1Cc2ccccc2C1)c1cc(-c2nc(C)no2)ccc1C.Cl.Cl. The molecule has 0 saturated carbocycles. The normalized spacial score (nSPS) is 12.2. The molecule has 0 unspecified atom stereocenters. The van der Waals surface area contributed by atoms with Crippen molar-refractivity contribution in [2.45, 2.75) is 33.9 Å². The molecular weight excluding hydrogens is 541 g/mol. The molecule has 0 atom stereocenters. The Morgan fingerprint density at radius 3 is 2.33 bits per heavy atom. The molecule has 4 rings (SSSR count). The lowest BCUT2D eigenvalue weighted by molar-refractivity contribution is -0.145. The van der Waals surface area contributed by atoms with Crippen LogP contribution < -0.4 is 15.5 Å². The highest BCUT2D eigenvalue weighted by atomic mass is 35.5. The van der Waals surface area contributed by atoms with E-state index >= 15 is 0 Å². The van der Waals surface area contributed by atoms with E-state index in [-0.39, 0.29) is 49.7 Å². The van der Waals surface area contributed by atoms with Crippen molar-refractivity contribution in [1.82, 2.24) is 30.8 Å². The second kappa shape index (κ2) is 14.8. The third kappa shape index (κ3) is 8.15. The van der Waals surface area contributed by atoms with E-state index in [1.165, 1.54) is 11.1 Å². The second-order valence-electron chi connectivity index (χ2n) is 9.22. The highest BCUT2D eigenvalue weighted by molar-refractivity contribution is 5.87. The molecule has 0 fully saturated rings. The number of carbonyl (C=O) groups is 2. The average Bonchev–Trinajstić information content (AvgIpc) is 3.52. The molecule has 2 heterocycles. The van der Waals surface area contributed by atoms with E-state index in [0.717, 1.165) is 23.4 Å². The summed E-state index contributed by atoms with van der Waals surface area (Å²) in [5, 5.41) is 13.7. The molecule has 212 valence electrons. The summed E-state index contributed by atoms with van der Waals surface area (Å²) in [6.07, 6.45) is 0. The zero-order valence-electron chi connectivity index (χ0n) is 22.8. The van der Waals surface area contributed by atoms with Gasteiger partial charge in [-0.05, 0) is 49.2 Å². The van der Waals surface area contributed by atoms with Crippen LogP contribution in [0.5, 0.6) is 0 Å². The van der Waals surface area contributed by atoms with E-state index in [2.05, 4.69) is 32.9 Å². The molecule has 3 aromatic rings. The number of carbonyl (C=O) groups excluding carboxylic acids is 2. The number of aromatic nitrogens is 2. The quantitative estimate of drug-likeness (QED) is 0.335. The van der Waals surface area contributed by atoms with Gasteiger partial charge in [0.1, 0.15) is 0 Å². The molecule has 1 aliphatic heterocycles. The highest BCUT2D eigenvalue weighted by Crippen LogP contribution is 2.28. The fourth-order valence-electron chi connectivity index (χ4n) is 4.37. The molecule has 0 bridgehead atoms. The Balaban J connectivity index is 0.00000267. The van der Waals surface area contributed by atoms with Crippen LogP contribution in [0.4, 0.5) is 5.69 Å². The number of aryl methyl sites for hydroxylation is 2. The van der Waals surface area contributed by atoms with Crippen LogP contribution >= 0.6 is 24.8 Å². The maximum Gasteiger partial charge on any atom is 0.257 e. The topological polar surface area (TPSA) is 107 Å². The number of rotatable bonds is 11. The molecular formula is C27H37Cl2N7O3. The number of hydrogen-bond donors (Lipinski definition) is 2. The van der Waals surface area contributed by atoms with E-state index in [4.69, 9.17) is 4.52 Å². The van der Waals surface area contributed by atoms with Crippen LogP contribution in [0.1, 0.15) is 29.4 Å². The molecule has 2 amide bonds. The summed E-state index contributed by atoms with van der Waals surface area (Å²) in [6.45, 7) is 9.20.